The molecular weight excluding hydrogens is 195 g/mol. The Morgan fingerprint density at radius 2 is 2.20 bits per heavy atom. The summed E-state index contributed by atoms with van der Waals surface area (Å²) in [5.41, 5.74) is 6.18. The molecule has 0 spiro atoms. The van der Waals surface area contributed by atoms with E-state index in [0.717, 1.165) is 0 Å². The molecule has 0 aliphatic heterocycles. The molecule has 0 unspecified atom stereocenters. The van der Waals surface area contributed by atoms with Crippen molar-refractivity contribution in [2.24, 2.45) is 5.73 Å². The maximum absolute atomic E-state index is 12.9. The molecule has 0 aliphatic carbocycles. The molecule has 1 aromatic heterocycles. The molecule has 0 saturated heterocycles. The van der Waals surface area contributed by atoms with Gasteiger partial charge in [0.2, 0.25) is 5.91 Å². The van der Waals surface area contributed by atoms with Gasteiger partial charge in [0.1, 0.15) is 5.82 Å². The Labute approximate surface area is 86.3 Å². The van der Waals surface area contributed by atoms with Gasteiger partial charge in [-0.15, -0.1) is 0 Å². The molecule has 3 nitrogen and oxygen atoms in total. The molecule has 0 bridgehead atoms. The first kappa shape index (κ1) is 9.86. The molecule has 2 N–H and O–H groups in total. The van der Waals surface area contributed by atoms with Gasteiger partial charge in [-0.05, 0) is 31.2 Å². The third-order valence-corrected chi connectivity index (χ3v) is 2.28. The Morgan fingerprint density at radius 1 is 1.47 bits per heavy atom. The summed E-state index contributed by atoms with van der Waals surface area (Å²) in [6.45, 7) is 1.62. The first-order valence-electron chi connectivity index (χ1n) is 4.66. The molecule has 0 radical (unpaired) electrons. The van der Waals surface area contributed by atoms with Crippen molar-refractivity contribution in [1.29, 1.82) is 0 Å². The summed E-state index contributed by atoms with van der Waals surface area (Å²) >= 11 is 0. The number of hydrogen-bond donors (Lipinski definition) is 1. The SMILES string of the molecule is C[C@H](N)C(=O)n1ccc2cc(F)ccc21. The van der Waals surface area contributed by atoms with E-state index in [1.807, 2.05) is 0 Å². The standard InChI is InChI=1S/C11H11FN2O/c1-7(13)11(15)14-5-4-8-6-9(12)2-3-10(8)14/h2-7H,13H2,1H3/t7-/m0/s1. The van der Waals surface area contributed by atoms with Crippen LogP contribution in [-0.4, -0.2) is 16.5 Å². The number of carbonyl (C=O) groups is 1. The lowest BCUT2D eigenvalue weighted by molar-refractivity contribution is 0.0892. The van der Waals surface area contributed by atoms with Gasteiger partial charge in [-0.1, -0.05) is 0 Å². The van der Waals surface area contributed by atoms with Gasteiger partial charge in [0.05, 0.1) is 11.6 Å². The van der Waals surface area contributed by atoms with Crippen molar-refractivity contribution >= 4 is 16.8 Å². The van der Waals surface area contributed by atoms with Crippen molar-refractivity contribution in [2.45, 2.75) is 13.0 Å². The lowest BCUT2D eigenvalue weighted by Crippen LogP contribution is -2.31. The van der Waals surface area contributed by atoms with E-state index >= 15 is 0 Å². The normalized spacial score (nSPS) is 13.0. The molecule has 0 amide bonds. The van der Waals surface area contributed by atoms with Crippen molar-refractivity contribution in [2.75, 3.05) is 0 Å². The summed E-state index contributed by atoms with van der Waals surface area (Å²) in [5.74, 6) is -0.509. The molecule has 1 heterocycles. The van der Waals surface area contributed by atoms with E-state index in [0.29, 0.717) is 10.9 Å². The van der Waals surface area contributed by atoms with E-state index in [1.54, 1.807) is 25.3 Å². The largest absolute Gasteiger partial charge is 0.320 e. The van der Waals surface area contributed by atoms with Crippen LogP contribution in [0.15, 0.2) is 30.5 Å². The van der Waals surface area contributed by atoms with Crippen molar-refractivity contribution in [3.8, 4) is 0 Å². The fraction of sp³-hybridized carbons (Fsp3) is 0.182. The van der Waals surface area contributed by atoms with Crippen molar-refractivity contribution in [1.82, 2.24) is 4.57 Å². The highest BCUT2D eigenvalue weighted by molar-refractivity contribution is 5.94. The molecule has 1 atom stereocenters. The van der Waals surface area contributed by atoms with Crippen molar-refractivity contribution in [3.63, 3.8) is 0 Å². The summed E-state index contributed by atoms with van der Waals surface area (Å²) in [7, 11) is 0. The Bertz CT molecular complexity index is 516. The van der Waals surface area contributed by atoms with Crippen LogP contribution >= 0.6 is 0 Å². The molecule has 15 heavy (non-hydrogen) atoms. The van der Waals surface area contributed by atoms with E-state index in [4.69, 9.17) is 5.73 Å². The Kier molecular flexibility index (Phi) is 2.28. The van der Waals surface area contributed by atoms with Gasteiger partial charge < -0.3 is 5.73 Å². The maximum atomic E-state index is 12.9. The van der Waals surface area contributed by atoms with Crippen molar-refractivity contribution < 1.29 is 9.18 Å². The van der Waals surface area contributed by atoms with Crippen LogP contribution in [0.3, 0.4) is 0 Å². The van der Waals surface area contributed by atoms with Crippen LogP contribution in [0.5, 0.6) is 0 Å². The van der Waals surface area contributed by atoms with Gasteiger partial charge in [0, 0.05) is 11.6 Å². The second-order valence-electron chi connectivity index (χ2n) is 3.52. The number of benzene rings is 1. The molecule has 0 fully saturated rings. The molecule has 0 saturated carbocycles. The number of nitrogens with two attached hydrogens (primary N) is 1. The topological polar surface area (TPSA) is 48.0 Å². The Balaban J connectivity index is 2.59. The second-order valence-corrected chi connectivity index (χ2v) is 3.52. The van der Waals surface area contributed by atoms with Crippen molar-refractivity contribution in [3.05, 3.63) is 36.3 Å². The van der Waals surface area contributed by atoms with Gasteiger partial charge in [0.15, 0.2) is 0 Å². The van der Waals surface area contributed by atoms with Gasteiger partial charge in [0.25, 0.3) is 0 Å². The molecule has 2 aromatic rings. The monoisotopic (exact) mass is 206 g/mol. The minimum absolute atomic E-state index is 0.198. The van der Waals surface area contributed by atoms with Crippen LogP contribution in [0.2, 0.25) is 0 Å². The highest BCUT2D eigenvalue weighted by atomic mass is 19.1. The quantitative estimate of drug-likeness (QED) is 0.773. The fourth-order valence-corrected chi connectivity index (χ4v) is 1.52. The van der Waals surface area contributed by atoms with E-state index in [-0.39, 0.29) is 11.7 Å². The average molecular weight is 206 g/mol. The van der Waals surface area contributed by atoms with E-state index in [2.05, 4.69) is 0 Å². The van der Waals surface area contributed by atoms with Gasteiger partial charge in [-0.25, -0.2) is 4.39 Å². The zero-order valence-corrected chi connectivity index (χ0v) is 8.27. The lowest BCUT2D eigenvalue weighted by Gasteiger charge is -2.06. The van der Waals surface area contributed by atoms with Crippen LogP contribution in [0.1, 0.15) is 11.7 Å². The predicted octanol–water partition coefficient (Wildman–Crippen LogP) is 1.77. The third kappa shape index (κ3) is 1.64. The molecule has 4 heteroatoms. The molecule has 0 aliphatic rings. The van der Waals surface area contributed by atoms with E-state index in [1.165, 1.54) is 16.7 Å². The molecular formula is C11H11FN2O. The molecule has 2 rings (SSSR count). The first-order valence-corrected chi connectivity index (χ1v) is 4.66. The number of nitrogens with zero attached hydrogens (tertiary/aromatic N) is 1. The molecule has 78 valence electrons. The van der Waals surface area contributed by atoms with Crippen LogP contribution in [0.4, 0.5) is 4.39 Å². The number of fused-ring (bicyclic) bond motifs is 1. The van der Waals surface area contributed by atoms with Gasteiger partial charge in [-0.3, -0.25) is 9.36 Å². The highest BCUT2D eigenvalue weighted by Crippen LogP contribution is 2.17. The fourth-order valence-electron chi connectivity index (χ4n) is 1.52. The van der Waals surface area contributed by atoms with Crippen LogP contribution in [0, 0.1) is 5.82 Å². The van der Waals surface area contributed by atoms with Gasteiger partial charge >= 0.3 is 0 Å². The summed E-state index contributed by atoms with van der Waals surface area (Å²) in [6.07, 6.45) is 1.61. The zero-order valence-electron chi connectivity index (χ0n) is 8.27. The van der Waals surface area contributed by atoms with Crippen LogP contribution in [0.25, 0.3) is 10.9 Å². The lowest BCUT2D eigenvalue weighted by atomic mass is 10.2. The zero-order chi connectivity index (χ0) is 11.0. The minimum atomic E-state index is -0.564. The molecule has 1 aromatic carbocycles. The number of carbonyl (C=O) groups excluding carboxylic acids is 1. The second kappa shape index (κ2) is 3.47. The van der Waals surface area contributed by atoms with E-state index in [9.17, 15) is 9.18 Å². The number of aromatic nitrogens is 1. The minimum Gasteiger partial charge on any atom is -0.320 e. The Morgan fingerprint density at radius 3 is 2.87 bits per heavy atom. The summed E-state index contributed by atoms with van der Waals surface area (Å²) in [5, 5.41) is 0.698. The van der Waals surface area contributed by atoms with Gasteiger partial charge in [-0.2, -0.15) is 0 Å². The van der Waals surface area contributed by atoms with Crippen LogP contribution < -0.4 is 5.73 Å². The number of rotatable bonds is 1. The first-order chi connectivity index (χ1) is 7.09. The number of halogens is 1. The summed E-state index contributed by atoms with van der Waals surface area (Å²) in [6, 6.07) is 5.42. The summed E-state index contributed by atoms with van der Waals surface area (Å²) in [4.78, 5) is 11.6. The average Bonchev–Trinajstić information content (AvgIpc) is 2.59. The maximum Gasteiger partial charge on any atom is 0.247 e. The third-order valence-electron chi connectivity index (χ3n) is 2.28. The predicted molar refractivity (Wildman–Crippen MR) is 56.2 cm³/mol. The Hall–Kier alpha value is -1.68. The number of hydrogen-bond acceptors (Lipinski definition) is 2. The summed E-state index contributed by atoms with van der Waals surface area (Å²) < 4.78 is 14.3. The van der Waals surface area contributed by atoms with Crippen LogP contribution in [-0.2, 0) is 0 Å². The highest BCUT2D eigenvalue weighted by Gasteiger charge is 2.12. The smallest absolute Gasteiger partial charge is 0.247 e. The van der Waals surface area contributed by atoms with E-state index < -0.39 is 6.04 Å².